The van der Waals surface area contributed by atoms with Crippen LogP contribution in [0.2, 0.25) is 10.0 Å². The van der Waals surface area contributed by atoms with Gasteiger partial charge in [0.1, 0.15) is 4.60 Å². The number of aromatic nitrogens is 1. The van der Waals surface area contributed by atoms with E-state index in [2.05, 4.69) is 33.0 Å². The van der Waals surface area contributed by atoms with E-state index in [0.29, 0.717) is 10.0 Å². The number of hydrogen-bond donors (Lipinski definition) is 0. The zero-order valence-electron chi connectivity index (χ0n) is 12.1. The van der Waals surface area contributed by atoms with E-state index in [0.717, 1.165) is 32.2 Å². The summed E-state index contributed by atoms with van der Waals surface area (Å²) in [5.41, 5.74) is 3.09. The number of benzene rings is 2. The molecule has 0 saturated heterocycles. The molecule has 0 N–H and O–H groups in total. The van der Waals surface area contributed by atoms with Crippen molar-refractivity contribution < 1.29 is 0 Å². The van der Waals surface area contributed by atoms with Gasteiger partial charge in [0, 0.05) is 41.1 Å². The van der Waals surface area contributed by atoms with Gasteiger partial charge < -0.3 is 4.90 Å². The van der Waals surface area contributed by atoms with E-state index in [1.54, 1.807) is 6.07 Å². The first-order valence-corrected chi connectivity index (χ1v) is 8.23. The van der Waals surface area contributed by atoms with Gasteiger partial charge in [0.2, 0.25) is 0 Å². The van der Waals surface area contributed by atoms with Crippen LogP contribution in [0, 0.1) is 0 Å². The second-order valence-electron chi connectivity index (χ2n) is 5.22. The molecule has 22 heavy (non-hydrogen) atoms. The van der Waals surface area contributed by atoms with Crippen LogP contribution in [-0.2, 0) is 0 Å². The van der Waals surface area contributed by atoms with Gasteiger partial charge in [-0.2, -0.15) is 0 Å². The standard InChI is InChI=1S/C17H13BrCl2N2/c1-22(2)16-14-5-3-4-13(15(14)9-21-17(16)18)10-6-11(19)8-12(20)7-10/h3-9H,1-2H3. The Balaban J connectivity index is 2.34. The minimum Gasteiger partial charge on any atom is -0.375 e. The first-order chi connectivity index (χ1) is 10.5. The Labute approximate surface area is 147 Å². The molecule has 0 radical (unpaired) electrons. The Bertz CT molecular complexity index is 842. The minimum atomic E-state index is 0.623. The summed E-state index contributed by atoms with van der Waals surface area (Å²) in [4.78, 5) is 6.52. The molecule has 5 heteroatoms. The van der Waals surface area contributed by atoms with Crippen molar-refractivity contribution in [2.45, 2.75) is 0 Å². The molecule has 2 aromatic carbocycles. The van der Waals surface area contributed by atoms with Crippen molar-refractivity contribution in [1.29, 1.82) is 0 Å². The maximum Gasteiger partial charge on any atom is 0.129 e. The summed E-state index contributed by atoms with van der Waals surface area (Å²) in [6.45, 7) is 0. The Kier molecular flexibility index (Phi) is 4.31. The van der Waals surface area contributed by atoms with Crippen molar-refractivity contribution in [3.63, 3.8) is 0 Å². The molecular formula is C17H13BrCl2N2. The SMILES string of the molecule is CN(C)c1c(Br)ncc2c(-c3cc(Cl)cc(Cl)c3)cccc12. The number of hydrogen-bond acceptors (Lipinski definition) is 2. The molecule has 0 aliphatic carbocycles. The van der Waals surface area contributed by atoms with E-state index in [1.165, 1.54) is 0 Å². The topological polar surface area (TPSA) is 16.1 Å². The molecule has 0 saturated carbocycles. The average molecular weight is 396 g/mol. The van der Waals surface area contributed by atoms with E-state index in [1.807, 2.05) is 43.4 Å². The summed E-state index contributed by atoms with van der Waals surface area (Å²) in [5, 5.41) is 3.43. The van der Waals surface area contributed by atoms with Crippen LogP contribution in [0.5, 0.6) is 0 Å². The highest BCUT2D eigenvalue weighted by Crippen LogP contribution is 2.37. The molecule has 0 fully saturated rings. The number of fused-ring (bicyclic) bond motifs is 1. The first-order valence-electron chi connectivity index (χ1n) is 6.68. The number of pyridine rings is 1. The summed E-state index contributed by atoms with van der Waals surface area (Å²) in [7, 11) is 4.01. The Morgan fingerprint density at radius 2 is 1.68 bits per heavy atom. The van der Waals surface area contributed by atoms with Gasteiger partial charge in [-0.1, -0.05) is 41.4 Å². The lowest BCUT2D eigenvalue weighted by Gasteiger charge is -2.18. The van der Waals surface area contributed by atoms with Crippen LogP contribution >= 0.6 is 39.1 Å². The fourth-order valence-corrected chi connectivity index (χ4v) is 3.79. The Morgan fingerprint density at radius 1 is 1.00 bits per heavy atom. The van der Waals surface area contributed by atoms with E-state index >= 15 is 0 Å². The molecule has 112 valence electrons. The highest BCUT2D eigenvalue weighted by molar-refractivity contribution is 9.10. The first kappa shape index (κ1) is 15.6. The zero-order chi connectivity index (χ0) is 15.9. The molecule has 0 spiro atoms. The van der Waals surface area contributed by atoms with Crippen LogP contribution in [0.25, 0.3) is 21.9 Å². The van der Waals surface area contributed by atoms with Crippen LogP contribution < -0.4 is 4.90 Å². The van der Waals surface area contributed by atoms with Gasteiger partial charge in [-0.25, -0.2) is 4.98 Å². The molecule has 1 heterocycles. The maximum atomic E-state index is 6.14. The molecule has 3 aromatic rings. The van der Waals surface area contributed by atoms with Crippen LogP contribution in [0.3, 0.4) is 0 Å². The van der Waals surface area contributed by atoms with E-state index < -0.39 is 0 Å². The smallest absolute Gasteiger partial charge is 0.129 e. The molecule has 3 rings (SSSR count). The second kappa shape index (κ2) is 6.07. The summed E-state index contributed by atoms with van der Waals surface area (Å²) in [6, 6.07) is 11.7. The molecule has 1 aromatic heterocycles. The Hall–Kier alpha value is -1.29. The minimum absolute atomic E-state index is 0.623. The fourth-order valence-electron chi connectivity index (χ4n) is 2.59. The third-order valence-corrected chi connectivity index (χ3v) is 4.50. The summed E-state index contributed by atoms with van der Waals surface area (Å²) in [5.74, 6) is 0. The fraction of sp³-hybridized carbons (Fsp3) is 0.118. The lowest BCUT2D eigenvalue weighted by molar-refractivity contribution is 1.11. The molecule has 0 unspecified atom stereocenters. The maximum absolute atomic E-state index is 6.14. The van der Waals surface area contributed by atoms with Crippen molar-refractivity contribution in [2.75, 3.05) is 19.0 Å². The molecule has 0 atom stereocenters. The van der Waals surface area contributed by atoms with E-state index in [9.17, 15) is 0 Å². The summed E-state index contributed by atoms with van der Waals surface area (Å²) >= 11 is 15.8. The third kappa shape index (κ3) is 2.81. The molecule has 0 aliphatic rings. The monoisotopic (exact) mass is 394 g/mol. The zero-order valence-corrected chi connectivity index (χ0v) is 15.2. The molecular weight excluding hydrogens is 383 g/mol. The summed E-state index contributed by atoms with van der Waals surface area (Å²) < 4.78 is 0.825. The van der Waals surface area contributed by atoms with E-state index in [-0.39, 0.29) is 0 Å². The Morgan fingerprint density at radius 3 is 2.32 bits per heavy atom. The van der Waals surface area contributed by atoms with Crippen LogP contribution in [-0.4, -0.2) is 19.1 Å². The predicted octanol–water partition coefficient (Wildman–Crippen LogP) is 6.04. The third-order valence-electron chi connectivity index (χ3n) is 3.48. The highest BCUT2D eigenvalue weighted by atomic mass is 79.9. The summed E-state index contributed by atoms with van der Waals surface area (Å²) in [6.07, 6.45) is 1.87. The van der Waals surface area contributed by atoms with Crippen LogP contribution in [0.15, 0.2) is 47.2 Å². The van der Waals surface area contributed by atoms with Crippen molar-refractivity contribution in [2.24, 2.45) is 0 Å². The largest absolute Gasteiger partial charge is 0.375 e. The van der Waals surface area contributed by atoms with Gasteiger partial charge in [-0.05, 0) is 45.3 Å². The van der Waals surface area contributed by atoms with Gasteiger partial charge in [-0.3, -0.25) is 0 Å². The normalized spacial score (nSPS) is 11.0. The van der Waals surface area contributed by atoms with Gasteiger partial charge in [0.05, 0.1) is 5.69 Å². The van der Waals surface area contributed by atoms with Crippen molar-refractivity contribution in [3.8, 4) is 11.1 Å². The van der Waals surface area contributed by atoms with Gasteiger partial charge >= 0.3 is 0 Å². The molecule has 0 aliphatic heterocycles. The highest BCUT2D eigenvalue weighted by Gasteiger charge is 2.13. The van der Waals surface area contributed by atoms with Crippen molar-refractivity contribution >= 4 is 55.6 Å². The van der Waals surface area contributed by atoms with Crippen LogP contribution in [0.1, 0.15) is 0 Å². The van der Waals surface area contributed by atoms with Gasteiger partial charge in [-0.15, -0.1) is 0 Å². The number of halogens is 3. The second-order valence-corrected chi connectivity index (χ2v) is 6.84. The quantitative estimate of drug-likeness (QED) is 0.492. The van der Waals surface area contributed by atoms with Gasteiger partial charge in [0.25, 0.3) is 0 Å². The molecule has 0 bridgehead atoms. The average Bonchev–Trinajstić information content (AvgIpc) is 2.44. The predicted molar refractivity (Wildman–Crippen MR) is 99.2 cm³/mol. The lowest BCUT2D eigenvalue weighted by atomic mass is 9.99. The van der Waals surface area contributed by atoms with E-state index in [4.69, 9.17) is 23.2 Å². The van der Waals surface area contributed by atoms with Crippen molar-refractivity contribution in [3.05, 3.63) is 57.2 Å². The molecule has 2 nitrogen and oxygen atoms in total. The van der Waals surface area contributed by atoms with Crippen molar-refractivity contribution in [1.82, 2.24) is 4.98 Å². The number of anilines is 1. The van der Waals surface area contributed by atoms with Gasteiger partial charge in [0.15, 0.2) is 0 Å². The number of nitrogens with zero attached hydrogens (tertiary/aromatic N) is 2. The molecule has 0 amide bonds. The van der Waals surface area contributed by atoms with Crippen LogP contribution in [0.4, 0.5) is 5.69 Å². The lowest BCUT2D eigenvalue weighted by Crippen LogP contribution is -2.10. The number of rotatable bonds is 2.